The van der Waals surface area contributed by atoms with E-state index in [0.29, 0.717) is 29.6 Å². The highest BCUT2D eigenvalue weighted by atomic mass is 16.5. The van der Waals surface area contributed by atoms with E-state index in [4.69, 9.17) is 10.00 Å². The second-order valence-corrected chi connectivity index (χ2v) is 9.52. The SMILES string of the molecule is C=C(C#N)CNc1c(OC)ccc2ccc(C3CCC(N(C)C)CC3NC(=O)c3ccccn3)cc12. The first-order chi connectivity index (χ1) is 17.4. The molecule has 186 valence electrons. The second-order valence-electron chi connectivity index (χ2n) is 9.52. The lowest BCUT2D eigenvalue weighted by Crippen LogP contribution is -2.47. The van der Waals surface area contributed by atoms with Crippen LogP contribution in [0.4, 0.5) is 5.69 Å². The van der Waals surface area contributed by atoms with E-state index in [2.05, 4.69) is 65.5 Å². The molecule has 1 aromatic heterocycles. The molecule has 1 amide bonds. The average molecular weight is 484 g/mol. The van der Waals surface area contributed by atoms with Crippen molar-refractivity contribution in [1.29, 1.82) is 5.26 Å². The normalized spacial score (nSPS) is 19.5. The molecule has 1 heterocycles. The molecule has 1 aliphatic rings. The van der Waals surface area contributed by atoms with E-state index in [1.165, 1.54) is 5.56 Å². The molecule has 0 saturated heterocycles. The van der Waals surface area contributed by atoms with E-state index in [1.54, 1.807) is 19.4 Å². The van der Waals surface area contributed by atoms with Gasteiger partial charge in [-0.2, -0.15) is 5.26 Å². The number of hydrogen-bond donors (Lipinski definition) is 2. The summed E-state index contributed by atoms with van der Waals surface area (Å²) in [7, 11) is 5.83. The lowest BCUT2D eigenvalue weighted by Gasteiger charge is -2.39. The van der Waals surface area contributed by atoms with Gasteiger partial charge in [-0.15, -0.1) is 0 Å². The van der Waals surface area contributed by atoms with E-state index >= 15 is 0 Å². The molecule has 2 N–H and O–H groups in total. The fraction of sp³-hybridized carbons (Fsp3) is 0.345. The van der Waals surface area contributed by atoms with E-state index in [9.17, 15) is 4.79 Å². The van der Waals surface area contributed by atoms with Crippen molar-refractivity contribution in [3.05, 3.63) is 78.1 Å². The zero-order chi connectivity index (χ0) is 25.7. The molecule has 1 aliphatic carbocycles. The number of benzene rings is 2. The number of nitrogens with one attached hydrogen (secondary N) is 2. The molecule has 0 radical (unpaired) electrons. The summed E-state index contributed by atoms with van der Waals surface area (Å²) >= 11 is 0. The average Bonchev–Trinajstić information content (AvgIpc) is 2.91. The Morgan fingerprint density at radius 1 is 1.22 bits per heavy atom. The number of anilines is 1. The largest absolute Gasteiger partial charge is 0.495 e. The molecule has 1 fully saturated rings. The van der Waals surface area contributed by atoms with Crippen molar-refractivity contribution in [2.75, 3.05) is 33.1 Å². The molecule has 3 atom stereocenters. The van der Waals surface area contributed by atoms with Crippen molar-refractivity contribution < 1.29 is 9.53 Å². The summed E-state index contributed by atoms with van der Waals surface area (Å²) in [6.45, 7) is 4.13. The highest BCUT2D eigenvalue weighted by Crippen LogP contribution is 2.39. The van der Waals surface area contributed by atoms with E-state index in [0.717, 1.165) is 35.7 Å². The third-order valence-electron chi connectivity index (χ3n) is 7.06. The van der Waals surface area contributed by atoms with Crippen molar-refractivity contribution in [3.8, 4) is 11.8 Å². The smallest absolute Gasteiger partial charge is 0.270 e. The first-order valence-corrected chi connectivity index (χ1v) is 12.2. The summed E-state index contributed by atoms with van der Waals surface area (Å²) in [4.78, 5) is 19.5. The van der Waals surface area contributed by atoms with Gasteiger partial charge in [0.1, 0.15) is 11.4 Å². The van der Waals surface area contributed by atoms with Crippen LogP contribution in [0.25, 0.3) is 10.8 Å². The number of ether oxygens (including phenoxy) is 1. The standard InChI is InChI=1S/C29H33N5O2/c1-19(17-30)18-32-28-24-15-21(9-8-20(24)10-13-27(28)36-4)23-12-11-22(34(2)3)16-26(23)33-29(35)25-7-5-6-14-31-25/h5-10,13-15,22-23,26,32H,1,11-12,16,18H2,2-4H3,(H,33,35). The molecule has 1 saturated carbocycles. The monoisotopic (exact) mass is 483 g/mol. The number of amides is 1. The molecule has 2 aromatic carbocycles. The first-order valence-electron chi connectivity index (χ1n) is 12.2. The molecule has 4 rings (SSSR count). The second kappa shape index (κ2) is 11.2. The van der Waals surface area contributed by atoms with Crippen LogP contribution in [0.3, 0.4) is 0 Å². The van der Waals surface area contributed by atoms with Crippen molar-refractivity contribution in [2.24, 2.45) is 0 Å². The Morgan fingerprint density at radius 3 is 2.72 bits per heavy atom. The van der Waals surface area contributed by atoms with Crippen LogP contribution in [-0.4, -0.2) is 55.6 Å². The molecule has 7 heteroatoms. The number of fused-ring (bicyclic) bond motifs is 1. The molecule has 3 unspecified atom stereocenters. The Labute approximate surface area is 212 Å². The van der Waals surface area contributed by atoms with Gasteiger partial charge in [-0.3, -0.25) is 9.78 Å². The molecule has 7 nitrogen and oxygen atoms in total. The van der Waals surface area contributed by atoms with Gasteiger partial charge in [-0.1, -0.05) is 30.8 Å². The minimum Gasteiger partial charge on any atom is -0.495 e. The number of methoxy groups -OCH3 is 1. The van der Waals surface area contributed by atoms with Crippen LogP contribution in [0.1, 0.15) is 41.2 Å². The van der Waals surface area contributed by atoms with Crippen molar-refractivity contribution in [2.45, 2.75) is 37.3 Å². The summed E-state index contributed by atoms with van der Waals surface area (Å²) in [6.07, 6.45) is 4.51. The summed E-state index contributed by atoms with van der Waals surface area (Å²) in [6, 6.07) is 18.3. The lowest BCUT2D eigenvalue weighted by molar-refractivity contribution is 0.0893. The third-order valence-corrected chi connectivity index (χ3v) is 7.06. The van der Waals surface area contributed by atoms with Crippen molar-refractivity contribution >= 4 is 22.4 Å². The Morgan fingerprint density at radius 2 is 2.03 bits per heavy atom. The first kappa shape index (κ1) is 25.2. The maximum atomic E-state index is 13.0. The number of nitrogens with zero attached hydrogens (tertiary/aromatic N) is 3. The minimum absolute atomic E-state index is 0.0292. The predicted octanol–water partition coefficient (Wildman–Crippen LogP) is 4.73. The highest BCUT2D eigenvalue weighted by molar-refractivity contribution is 5.97. The minimum atomic E-state index is -0.148. The zero-order valence-electron chi connectivity index (χ0n) is 21.1. The zero-order valence-corrected chi connectivity index (χ0v) is 21.1. The quantitative estimate of drug-likeness (QED) is 0.450. The van der Waals surface area contributed by atoms with Gasteiger partial charge in [-0.25, -0.2) is 0 Å². The molecule has 36 heavy (non-hydrogen) atoms. The Balaban J connectivity index is 1.69. The number of carbonyl (C=O) groups is 1. The molecule has 3 aromatic rings. The summed E-state index contributed by atoms with van der Waals surface area (Å²) in [5.74, 6) is 0.720. The molecule has 0 spiro atoms. The van der Waals surface area contributed by atoms with Gasteiger partial charge >= 0.3 is 0 Å². The molecular formula is C29H33N5O2. The number of hydrogen-bond acceptors (Lipinski definition) is 6. The van der Waals surface area contributed by atoms with Crippen LogP contribution < -0.4 is 15.4 Å². The Hall–Kier alpha value is -3.89. The molecule has 0 aliphatic heterocycles. The Kier molecular flexibility index (Phi) is 7.87. The lowest BCUT2D eigenvalue weighted by atomic mass is 9.77. The fourth-order valence-corrected chi connectivity index (χ4v) is 5.05. The van der Waals surface area contributed by atoms with E-state index < -0.39 is 0 Å². The number of aromatic nitrogens is 1. The van der Waals surface area contributed by atoms with Crippen LogP contribution in [-0.2, 0) is 0 Å². The summed E-state index contributed by atoms with van der Waals surface area (Å²) in [5.41, 5.74) is 2.88. The van der Waals surface area contributed by atoms with Gasteiger partial charge in [0.15, 0.2) is 0 Å². The Bertz CT molecular complexity index is 1280. The molecule has 0 bridgehead atoms. The highest BCUT2D eigenvalue weighted by Gasteiger charge is 2.34. The van der Waals surface area contributed by atoms with Gasteiger partial charge in [-0.05, 0) is 68.6 Å². The van der Waals surface area contributed by atoms with Gasteiger partial charge in [0.05, 0.1) is 18.9 Å². The van der Waals surface area contributed by atoms with Gasteiger partial charge < -0.3 is 20.3 Å². The number of rotatable bonds is 8. The van der Waals surface area contributed by atoms with Gasteiger partial charge in [0.25, 0.3) is 5.91 Å². The molecular weight excluding hydrogens is 450 g/mol. The van der Waals surface area contributed by atoms with Crippen molar-refractivity contribution in [1.82, 2.24) is 15.2 Å². The van der Waals surface area contributed by atoms with Crippen molar-refractivity contribution in [3.63, 3.8) is 0 Å². The van der Waals surface area contributed by atoms with Gasteiger partial charge in [0.2, 0.25) is 0 Å². The van der Waals surface area contributed by atoms with Crippen LogP contribution in [0.15, 0.2) is 66.9 Å². The summed E-state index contributed by atoms with van der Waals surface area (Å²) < 4.78 is 5.62. The third kappa shape index (κ3) is 5.50. The van der Waals surface area contributed by atoms with Crippen LogP contribution >= 0.6 is 0 Å². The summed E-state index contributed by atoms with van der Waals surface area (Å²) in [5, 5.41) is 17.9. The topological polar surface area (TPSA) is 90.3 Å². The van der Waals surface area contributed by atoms with E-state index in [1.807, 2.05) is 24.3 Å². The van der Waals surface area contributed by atoms with Crippen LogP contribution in [0, 0.1) is 11.3 Å². The number of carbonyl (C=O) groups excluding carboxylic acids is 1. The maximum Gasteiger partial charge on any atom is 0.270 e. The number of pyridine rings is 1. The van der Waals surface area contributed by atoms with E-state index in [-0.39, 0.29) is 17.9 Å². The maximum absolute atomic E-state index is 13.0. The predicted molar refractivity (Wildman–Crippen MR) is 143 cm³/mol. The fourth-order valence-electron chi connectivity index (χ4n) is 5.05. The van der Waals surface area contributed by atoms with Crippen LogP contribution in [0.2, 0.25) is 0 Å². The van der Waals surface area contributed by atoms with Gasteiger partial charge in [0, 0.05) is 41.7 Å². The van der Waals surface area contributed by atoms with Crippen LogP contribution in [0.5, 0.6) is 5.75 Å². The number of nitriles is 1.